The maximum atomic E-state index is 13.1. The van der Waals surface area contributed by atoms with Crippen LogP contribution in [0, 0.1) is 5.82 Å². The summed E-state index contributed by atoms with van der Waals surface area (Å²) in [6.07, 6.45) is -0.128. The fourth-order valence-electron chi connectivity index (χ4n) is 1.42. The normalized spacial score (nSPS) is 26.6. The van der Waals surface area contributed by atoms with E-state index in [4.69, 9.17) is 10.5 Å². The zero-order valence-electron chi connectivity index (χ0n) is 6.75. The predicted molar refractivity (Wildman–Crippen MR) is 43.4 cm³/mol. The summed E-state index contributed by atoms with van der Waals surface area (Å²) in [5.74, 6) is -0.00944. The molecule has 1 aliphatic heterocycles. The molecule has 0 radical (unpaired) electrons. The van der Waals surface area contributed by atoms with Crippen LogP contribution in [0.4, 0.5) is 4.39 Å². The molecule has 1 aliphatic rings. The van der Waals surface area contributed by atoms with Gasteiger partial charge in [-0.2, -0.15) is 0 Å². The highest BCUT2D eigenvalue weighted by atomic mass is 19.1. The molecule has 2 atom stereocenters. The summed E-state index contributed by atoms with van der Waals surface area (Å²) in [7, 11) is 0. The molecule has 0 bridgehead atoms. The number of hydrogen-bond donors (Lipinski definition) is 1. The molecule has 0 aromatic heterocycles. The molecular formula is C9H10FNO. The Labute approximate surface area is 70.1 Å². The van der Waals surface area contributed by atoms with E-state index in [1.165, 1.54) is 6.07 Å². The van der Waals surface area contributed by atoms with E-state index in [1.807, 2.05) is 6.92 Å². The van der Waals surface area contributed by atoms with Gasteiger partial charge in [0.1, 0.15) is 6.10 Å². The third kappa shape index (κ3) is 0.898. The number of rotatable bonds is 0. The van der Waals surface area contributed by atoms with Crippen molar-refractivity contribution in [2.75, 3.05) is 0 Å². The summed E-state index contributed by atoms with van der Waals surface area (Å²) in [4.78, 5) is 0. The van der Waals surface area contributed by atoms with Gasteiger partial charge >= 0.3 is 0 Å². The van der Waals surface area contributed by atoms with Crippen molar-refractivity contribution < 1.29 is 9.13 Å². The SMILES string of the molecule is C[C@H]1Oc2c(F)cccc2[C@@H]1N. The number of halogens is 1. The summed E-state index contributed by atoms with van der Waals surface area (Å²) in [5.41, 5.74) is 6.53. The third-order valence-electron chi connectivity index (χ3n) is 2.17. The average Bonchev–Trinajstić information content (AvgIpc) is 2.32. The Hall–Kier alpha value is -1.09. The highest BCUT2D eigenvalue weighted by molar-refractivity contribution is 5.41. The van der Waals surface area contributed by atoms with Gasteiger partial charge in [-0.1, -0.05) is 12.1 Å². The van der Waals surface area contributed by atoms with Crippen LogP contribution in [0.1, 0.15) is 18.5 Å². The summed E-state index contributed by atoms with van der Waals surface area (Å²) in [6, 6.07) is 4.63. The Kier molecular flexibility index (Phi) is 1.54. The lowest BCUT2D eigenvalue weighted by Crippen LogP contribution is -2.21. The topological polar surface area (TPSA) is 35.2 Å². The second-order valence-electron chi connectivity index (χ2n) is 3.01. The lowest BCUT2D eigenvalue weighted by molar-refractivity contribution is 0.220. The van der Waals surface area contributed by atoms with Crippen LogP contribution < -0.4 is 10.5 Å². The number of benzene rings is 1. The third-order valence-corrected chi connectivity index (χ3v) is 2.17. The van der Waals surface area contributed by atoms with E-state index in [9.17, 15) is 4.39 Å². The van der Waals surface area contributed by atoms with E-state index < -0.39 is 0 Å². The number of nitrogens with two attached hydrogens (primary N) is 1. The van der Waals surface area contributed by atoms with Crippen LogP contribution in [0.5, 0.6) is 5.75 Å². The van der Waals surface area contributed by atoms with Crippen LogP contribution in [0.3, 0.4) is 0 Å². The molecule has 2 N–H and O–H groups in total. The second kappa shape index (κ2) is 2.45. The molecule has 0 amide bonds. The average molecular weight is 167 g/mol. The largest absolute Gasteiger partial charge is 0.485 e. The maximum absolute atomic E-state index is 13.1. The first-order valence-corrected chi connectivity index (χ1v) is 3.91. The molecule has 1 heterocycles. The Morgan fingerprint density at radius 3 is 2.92 bits per heavy atom. The van der Waals surface area contributed by atoms with Crippen molar-refractivity contribution in [2.24, 2.45) is 5.73 Å². The molecule has 2 rings (SSSR count). The van der Waals surface area contributed by atoms with Crippen LogP contribution in [0.25, 0.3) is 0 Å². The molecule has 2 nitrogen and oxygen atoms in total. The summed E-state index contributed by atoms with van der Waals surface area (Å²) in [6.45, 7) is 1.84. The quantitative estimate of drug-likeness (QED) is 0.637. The molecular weight excluding hydrogens is 157 g/mol. The minimum Gasteiger partial charge on any atom is -0.485 e. The van der Waals surface area contributed by atoms with Gasteiger partial charge in [0.05, 0.1) is 6.04 Å². The van der Waals surface area contributed by atoms with E-state index in [0.717, 1.165) is 5.56 Å². The van der Waals surface area contributed by atoms with E-state index >= 15 is 0 Å². The van der Waals surface area contributed by atoms with Crippen molar-refractivity contribution >= 4 is 0 Å². The van der Waals surface area contributed by atoms with Crippen molar-refractivity contribution in [3.63, 3.8) is 0 Å². The lowest BCUT2D eigenvalue weighted by atomic mass is 10.1. The van der Waals surface area contributed by atoms with Crippen molar-refractivity contribution in [2.45, 2.75) is 19.1 Å². The smallest absolute Gasteiger partial charge is 0.165 e. The Morgan fingerprint density at radius 1 is 1.50 bits per heavy atom. The first-order valence-electron chi connectivity index (χ1n) is 3.91. The first-order chi connectivity index (χ1) is 5.70. The second-order valence-corrected chi connectivity index (χ2v) is 3.01. The van der Waals surface area contributed by atoms with Gasteiger partial charge in [-0.05, 0) is 13.0 Å². The number of para-hydroxylation sites is 1. The number of ether oxygens (including phenoxy) is 1. The molecule has 64 valence electrons. The van der Waals surface area contributed by atoms with Gasteiger partial charge in [-0.3, -0.25) is 0 Å². The molecule has 0 aliphatic carbocycles. The van der Waals surface area contributed by atoms with Gasteiger partial charge in [0, 0.05) is 5.56 Å². The van der Waals surface area contributed by atoms with Gasteiger partial charge in [-0.15, -0.1) is 0 Å². The molecule has 0 saturated heterocycles. The minimum atomic E-state index is -0.327. The highest BCUT2D eigenvalue weighted by Gasteiger charge is 2.29. The molecule has 0 fully saturated rings. The molecule has 3 heteroatoms. The molecule has 1 aromatic rings. The van der Waals surface area contributed by atoms with Crippen molar-refractivity contribution in [3.05, 3.63) is 29.6 Å². The molecule has 0 unspecified atom stereocenters. The Morgan fingerprint density at radius 2 is 2.25 bits per heavy atom. The molecule has 0 spiro atoms. The van der Waals surface area contributed by atoms with Crippen LogP contribution in [0.2, 0.25) is 0 Å². The molecule has 12 heavy (non-hydrogen) atoms. The lowest BCUT2D eigenvalue weighted by Gasteiger charge is -2.07. The number of fused-ring (bicyclic) bond motifs is 1. The standard InChI is InChI=1S/C9H10FNO/c1-5-8(11)6-3-2-4-7(10)9(6)12-5/h2-5,8H,11H2,1H3/t5-,8-/m1/s1. The molecule has 1 aromatic carbocycles. The van der Waals surface area contributed by atoms with Gasteiger partial charge in [0.15, 0.2) is 11.6 Å². The Balaban J connectivity index is 2.53. The van der Waals surface area contributed by atoms with Gasteiger partial charge < -0.3 is 10.5 Å². The van der Waals surface area contributed by atoms with Crippen LogP contribution >= 0.6 is 0 Å². The van der Waals surface area contributed by atoms with Gasteiger partial charge in [0.2, 0.25) is 0 Å². The van der Waals surface area contributed by atoms with Crippen molar-refractivity contribution in [1.82, 2.24) is 0 Å². The van der Waals surface area contributed by atoms with Crippen molar-refractivity contribution in [3.8, 4) is 5.75 Å². The van der Waals surface area contributed by atoms with E-state index in [2.05, 4.69) is 0 Å². The van der Waals surface area contributed by atoms with Gasteiger partial charge in [-0.25, -0.2) is 4.39 Å². The fraction of sp³-hybridized carbons (Fsp3) is 0.333. The van der Waals surface area contributed by atoms with Gasteiger partial charge in [0.25, 0.3) is 0 Å². The monoisotopic (exact) mass is 167 g/mol. The highest BCUT2D eigenvalue weighted by Crippen LogP contribution is 2.36. The van der Waals surface area contributed by atoms with E-state index in [1.54, 1.807) is 12.1 Å². The minimum absolute atomic E-state index is 0.128. The van der Waals surface area contributed by atoms with Crippen LogP contribution in [0.15, 0.2) is 18.2 Å². The zero-order chi connectivity index (χ0) is 8.72. The summed E-state index contributed by atoms with van der Waals surface area (Å²) >= 11 is 0. The molecule has 0 saturated carbocycles. The van der Waals surface area contributed by atoms with Crippen molar-refractivity contribution in [1.29, 1.82) is 0 Å². The first kappa shape index (κ1) is 7.55. The van der Waals surface area contributed by atoms with Crippen LogP contribution in [-0.4, -0.2) is 6.10 Å². The van der Waals surface area contributed by atoms with Crippen LogP contribution in [-0.2, 0) is 0 Å². The van der Waals surface area contributed by atoms with E-state index in [-0.39, 0.29) is 18.0 Å². The zero-order valence-corrected chi connectivity index (χ0v) is 6.75. The Bertz CT molecular complexity index is 313. The summed E-state index contributed by atoms with van der Waals surface area (Å²) in [5, 5.41) is 0. The van der Waals surface area contributed by atoms with E-state index in [0.29, 0.717) is 5.75 Å². The fourth-order valence-corrected chi connectivity index (χ4v) is 1.42. The number of hydrogen-bond acceptors (Lipinski definition) is 2. The summed E-state index contributed by atoms with van der Waals surface area (Å²) < 4.78 is 18.3. The maximum Gasteiger partial charge on any atom is 0.165 e. The predicted octanol–water partition coefficient (Wildman–Crippen LogP) is 1.61.